The molecule has 1 saturated carbocycles. The van der Waals surface area contributed by atoms with E-state index in [1.807, 2.05) is 0 Å². The summed E-state index contributed by atoms with van der Waals surface area (Å²) in [4.78, 5) is 25.9. The van der Waals surface area contributed by atoms with Gasteiger partial charge in [-0.3, -0.25) is 0 Å². The molecule has 4 amide bonds. The molecule has 0 aromatic carbocycles. The minimum atomic E-state index is 0.00577. The van der Waals surface area contributed by atoms with Crippen LogP contribution in [0.15, 0.2) is 0 Å². The van der Waals surface area contributed by atoms with Crippen LogP contribution in [-0.4, -0.2) is 36.2 Å². The third kappa shape index (κ3) is 23.0. The van der Waals surface area contributed by atoms with Gasteiger partial charge in [0.2, 0.25) is 0 Å². The van der Waals surface area contributed by atoms with Crippen molar-refractivity contribution in [1.82, 2.24) is 21.3 Å². The highest BCUT2D eigenvalue weighted by Crippen LogP contribution is 2.20. The minimum absolute atomic E-state index is 0.00577. The molecule has 0 aliphatic heterocycles. The van der Waals surface area contributed by atoms with E-state index in [1.165, 1.54) is 128 Å². The predicted octanol–water partition coefficient (Wildman–Crippen LogP) is 11.1. The van der Waals surface area contributed by atoms with Crippen molar-refractivity contribution < 1.29 is 9.59 Å². The summed E-state index contributed by atoms with van der Waals surface area (Å²) >= 11 is 0. The lowest BCUT2D eigenvalue weighted by molar-refractivity contribution is 0.215. The average Bonchev–Trinajstić information content (AvgIpc) is 3.01. The fraction of sp³-hybridized carbons (Fsp3) is 0.947. The Morgan fingerprint density at radius 2 is 0.682 bits per heavy atom. The minimum Gasteiger partial charge on any atom is -0.335 e. The molecule has 0 spiro atoms. The van der Waals surface area contributed by atoms with Crippen LogP contribution < -0.4 is 21.3 Å². The molecule has 4 N–H and O–H groups in total. The maximum atomic E-state index is 13.0. The summed E-state index contributed by atoms with van der Waals surface area (Å²) < 4.78 is 0. The van der Waals surface area contributed by atoms with Gasteiger partial charge in [-0.05, 0) is 51.4 Å². The number of amides is 4. The van der Waals surface area contributed by atoms with Crippen LogP contribution in [-0.2, 0) is 0 Å². The zero-order chi connectivity index (χ0) is 32.1. The molecule has 0 radical (unpaired) electrons. The van der Waals surface area contributed by atoms with Crippen LogP contribution in [0.3, 0.4) is 0 Å². The van der Waals surface area contributed by atoms with Gasteiger partial charge in [-0.2, -0.15) is 0 Å². The quantitative estimate of drug-likeness (QED) is 0.0656. The van der Waals surface area contributed by atoms with Crippen molar-refractivity contribution in [3.63, 3.8) is 0 Å². The largest absolute Gasteiger partial charge is 0.335 e. The third-order valence-electron chi connectivity index (χ3n) is 9.69. The number of carbonyl (C=O) groups is 2. The first kappa shape index (κ1) is 40.6. The third-order valence-corrected chi connectivity index (χ3v) is 9.69. The molecule has 2 atom stereocenters. The molecule has 260 valence electrons. The van der Waals surface area contributed by atoms with Crippen molar-refractivity contribution in [3.05, 3.63) is 0 Å². The first-order valence-electron chi connectivity index (χ1n) is 19.7. The number of unbranched alkanes of at least 4 members (excludes halogenated alkanes) is 16. The molecular formula is C38H76N4O2. The van der Waals surface area contributed by atoms with Crippen LogP contribution >= 0.6 is 0 Å². The van der Waals surface area contributed by atoms with Gasteiger partial charge in [0.15, 0.2) is 0 Å². The second-order valence-electron chi connectivity index (χ2n) is 14.0. The normalized spacial score (nSPS) is 18.0. The number of carbonyl (C=O) groups excluding carboxylic acids is 2. The molecule has 2 unspecified atom stereocenters. The van der Waals surface area contributed by atoms with Crippen molar-refractivity contribution in [2.45, 2.75) is 232 Å². The highest BCUT2D eigenvalue weighted by molar-refractivity contribution is 5.75. The lowest BCUT2D eigenvalue weighted by Crippen LogP contribution is -2.51. The van der Waals surface area contributed by atoms with Gasteiger partial charge < -0.3 is 21.3 Å². The molecule has 0 saturated heterocycles. The summed E-state index contributed by atoms with van der Waals surface area (Å²) in [5.74, 6) is 0. The van der Waals surface area contributed by atoms with E-state index in [0.717, 1.165) is 51.4 Å². The van der Waals surface area contributed by atoms with Crippen LogP contribution in [0.25, 0.3) is 0 Å². The van der Waals surface area contributed by atoms with E-state index in [0.29, 0.717) is 0 Å². The predicted molar refractivity (Wildman–Crippen MR) is 190 cm³/mol. The molecule has 6 heteroatoms. The zero-order valence-electron chi connectivity index (χ0n) is 29.9. The Morgan fingerprint density at radius 1 is 0.432 bits per heavy atom. The average molecular weight is 621 g/mol. The first-order chi connectivity index (χ1) is 21.5. The van der Waals surface area contributed by atoms with Gasteiger partial charge in [-0.15, -0.1) is 0 Å². The van der Waals surface area contributed by atoms with Crippen molar-refractivity contribution in [2.75, 3.05) is 0 Å². The number of nitrogens with one attached hydrogen (secondary N) is 4. The highest BCUT2D eigenvalue weighted by Gasteiger charge is 2.25. The second kappa shape index (κ2) is 29.0. The number of hydrogen-bond acceptors (Lipinski definition) is 2. The fourth-order valence-electron chi connectivity index (χ4n) is 6.76. The highest BCUT2D eigenvalue weighted by atomic mass is 16.2. The monoisotopic (exact) mass is 621 g/mol. The topological polar surface area (TPSA) is 82.3 Å². The molecule has 0 heterocycles. The van der Waals surface area contributed by atoms with Crippen LogP contribution in [0.4, 0.5) is 9.59 Å². The smallest absolute Gasteiger partial charge is 0.315 e. The van der Waals surface area contributed by atoms with Gasteiger partial charge in [0.05, 0.1) is 0 Å². The van der Waals surface area contributed by atoms with Crippen molar-refractivity contribution in [1.29, 1.82) is 0 Å². The Balaban J connectivity index is 2.40. The summed E-state index contributed by atoms with van der Waals surface area (Å²) in [5.41, 5.74) is 0. The molecule has 1 rings (SSSR count). The number of rotatable bonds is 28. The second-order valence-corrected chi connectivity index (χ2v) is 14.0. The lowest BCUT2D eigenvalue weighted by Gasteiger charge is -2.31. The Labute approximate surface area is 274 Å². The molecule has 44 heavy (non-hydrogen) atoms. The van der Waals surface area contributed by atoms with E-state index < -0.39 is 0 Å². The van der Waals surface area contributed by atoms with Crippen molar-refractivity contribution >= 4 is 12.1 Å². The molecule has 0 bridgehead atoms. The van der Waals surface area contributed by atoms with Crippen LogP contribution in [0.5, 0.6) is 0 Å². The molecule has 1 aliphatic rings. The van der Waals surface area contributed by atoms with Crippen LogP contribution in [0, 0.1) is 0 Å². The van der Waals surface area contributed by atoms with E-state index in [9.17, 15) is 9.59 Å². The van der Waals surface area contributed by atoms with Gasteiger partial charge in [-0.1, -0.05) is 156 Å². The van der Waals surface area contributed by atoms with Gasteiger partial charge >= 0.3 is 12.1 Å². The van der Waals surface area contributed by atoms with Crippen molar-refractivity contribution in [2.24, 2.45) is 0 Å². The van der Waals surface area contributed by atoms with E-state index in [2.05, 4.69) is 49.0 Å². The molecule has 6 nitrogen and oxygen atoms in total. The maximum absolute atomic E-state index is 13.0. The Kier molecular flexibility index (Phi) is 26.7. The molecule has 0 aromatic heterocycles. The maximum Gasteiger partial charge on any atom is 0.315 e. The van der Waals surface area contributed by atoms with Crippen LogP contribution in [0.1, 0.15) is 207 Å². The molecule has 0 aromatic rings. The van der Waals surface area contributed by atoms with Crippen molar-refractivity contribution in [3.8, 4) is 0 Å². The zero-order valence-corrected chi connectivity index (χ0v) is 29.9. The van der Waals surface area contributed by atoms with Gasteiger partial charge in [-0.25, -0.2) is 9.59 Å². The molecular weight excluding hydrogens is 544 g/mol. The van der Waals surface area contributed by atoms with E-state index in [-0.39, 0.29) is 36.2 Å². The van der Waals surface area contributed by atoms with Gasteiger partial charge in [0, 0.05) is 24.2 Å². The summed E-state index contributed by atoms with van der Waals surface area (Å²) in [6.45, 7) is 9.02. The first-order valence-corrected chi connectivity index (χ1v) is 19.7. The number of urea groups is 2. The molecule has 1 fully saturated rings. The summed E-state index contributed by atoms with van der Waals surface area (Å²) in [6, 6.07) is 0.976. The summed E-state index contributed by atoms with van der Waals surface area (Å²) in [7, 11) is 0. The summed E-state index contributed by atoms with van der Waals surface area (Å²) in [6.07, 6.45) is 33.6. The Bertz CT molecular complexity index is 609. The fourth-order valence-corrected chi connectivity index (χ4v) is 6.76. The van der Waals surface area contributed by atoms with Gasteiger partial charge in [0.1, 0.15) is 0 Å². The van der Waals surface area contributed by atoms with E-state index in [1.54, 1.807) is 0 Å². The van der Waals surface area contributed by atoms with E-state index >= 15 is 0 Å². The van der Waals surface area contributed by atoms with Gasteiger partial charge in [0.25, 0.3) is 0 Å². The number of hydrogen-bond donors (Lipinski definition) is 4. The lowest BCUT2D eigenvalue weighted by atomic mass is 9.91. The molecule has 1 aliphatic carbocycles. The van der Waals surface area contributed by atoms with E-state index in [4.69, 9.17) is 0 Å². The SMILES string of the molecule is CCCCCCCCC(CCCCCC)NC(=O)NC1CCC(NC(=O)NC(CCCCCC)CCCCCCCC)CC1. The Morgan fingerprint density at radius 3 is 0.977 bits per heavy atom. The summed E-state index contributed by atoms with van der Waals surface area (Å²) in [5, 5.41) is 13.2. The van der Waals surface area contributed by atoms with Crippen LogP contribution in [0.2, 0.25) is 0 Å². The Hall–Kier alpha value is -1.46. The standard InChI is InChI=1S/C38H76N4O2/c1-5-9-13-17-19-23-27-33(25-21-15-11-7-3)39-37(43)41-35-29-31-36(32-30-35)42-38(44)40-34(26-22-16-12-8-4)28-24-20-18-14-10-6-2/h33-36H,5-32H2,1-4H3,(H2,39,41,43)(H2,40,42,44).